The predicted octanol–water partition coefficient (Wildman–Crippen LogP) is 1.75. The molecule has 0 atom stereocenters. The van der Waals surface area contributed by atoms with Gasteiger partial charge in [0.2, 0.25) is 5.91 Å². The lowest BCUT2D eigenvalue weighted by molar-refractivity contribution is -0.130. The van der Waals surface area contributed by atoms with Gasteiger partial charge in [-0.05, 0) is 38.5 Å². The highest BCUT2D eigenvalue weighted by atomic mass is 16.3. The molecule has 0 spiro atoms. The second-order valence-corrected chi connectivity index (χ2v) is 5.67. The van der Waals surface area contributed by atoms with Gasteiger partial charge in [-0.1, -0.05) is 12.5 Å². The van der Waals surface area contributed by atoms with Gasteiger partial charge >= 0.3 is 0 Å². The summed E-state index contributed by atoms with van der Waals surface area (Å²) in [7, 11) is 1.89. The fourth-order valence-corrected chi connectivity index (χ4v) is 2.81. The van der Waals surface area contributed by atoms with E-state index in [1.807, 2.05) is 11.9 Å². The van der Waals surface area contributed by atoms with E-state index in [9.17, 15) is 4.79 Å². The van der Waals surface area contributed by atoms with Crippen molar-refractivity contribution in [2.45, 2.75) is 51.0 Å². The van der Waals surface area contributed by atoms with Crippen molar-refractivity contribution >= 4 is 5.91 Å². The third-order valence-electron chi connectivity index (χ3n) is 4.35. The fraction of sp³-hybridized carbons (Fsp3) is 0.800. The summed E-state index contributed by atoms with van der Waals surface area (Å²) in [6.07, 6.45) is 9.91. The van der Waals surface area contributed by atoms with Crippen molar-refractivity contribution in [3.8, 4) is 0 Å². The molecule has 0 aliphatic heterocycles. The van der Waals surface area contributed by atoms with Crippen molar-refractivity contribution in [1.29, 1.82) is 0 Å². The number of allylic oxidation sites excluding steroid dienone is 2. The summed E-state index contributed by atoms with van der Waals surface area (Å²) in [5.74, 6) is 0.193. The standard InChI is InChI=1S/C15H26N2O2/c1-16(13-6-2-3-7-13)15(19)12-17(10-5-11-18)14-8-4-9-14/h6,14,18H,2-5,7-12H2,1H3. The van der Waals surface area contributed by atoms with Crippen LogP contribution >= 0.6 is 0 Å². The first-order valence-electron chi connectivity index (χ1n) is 7.53. The van der Waals surface area contributed by atoms with Crippen LogP contribution in [0, 0.1) is 0 Å². The van der Waals surface area contributed by atoms with Crippen LogP contribution in [0.3, 0.4) is 0 Å². The molecule has 4 nitrogen and oxygen atoms in total. The molecule has 0 bridgehead atoms. The lowest BCUT2D eigenvalue weighted by Gasteiger charge is -2.38. The zero-order valence-electron chi connectivity index (χ0n) is 12.0. The summed E-state index contributed by atoms with van der Waals surface area (Å²) in [4.78, 5) is 16.4. The molecule has 2 aliphatic rings. The Labute approximate surface area is 116 Å². The number of hydrogen-bond acceptors (Lipinski definition) is 3. The van der Waals surface area contributed by atoms with E-state index in [0.717, 1.165) is 25.8 Å². The minimum atomic E-state index is 0.193. The molecule has 0 heterocycles. The number of aliphatic hydroxyl groups is 1. The van der Waals surface area contributed by atoms with Crippen LogP contribution in [0.25, 0.3) is 0 Å². The summed E-state index contributed by atoms with van der Waals surface area (Å²) in [6, 6.07) is 0.557. The summed E-state index contributed by atoms with van der Waals surface area (Å²) in [5, 5.41) is 8.97. The molecular formula is C15H26N2O2. The first kappa shape index (κ1) is 14.5. The number of carbonyl (C=O) groups is 1. The van der Waals surface area contributed by atoms with Crippen LogP contribution in [0.2, 0.25) is 0 Å². The SMILES string of the molecule is CN(C(=O)CN(CCCO)C1CCC1)C1=CCCC1. The van der Waals surface area contributed by atoms with Gasteiger partial charge in [0.25, 0.3) is 0 Å². The van der Waals surface area contributed by atoms with Crippen LogP contribution < -0.4 is 0 Å². The highest BCUT2D eigenvalue weighted by molar-refractivity contribution is 5.79. The van der Waals surface area contributed by atoms with E-state index in [4.69, 9.17) is 5.11 Å². The van der Waals surface area contributed by atoms with Gasteiger partial charge < -0.3 is 10.0 Å². The number of hydrogen-bond donors (Lipinski definition) is 1. The normalized spacial score (nSPS) is 19.4. The van der Waals surface area contributed by atoms with Gasteiger partial charge in [0.05, 0.1) is 6.54 Å². The van der Waals surface area contributed by atoms with Gasteiger partial charge in [-0.25, -0.2) is 0 Å². The molecule has 0 saturated heterocycles. The number of amides is 1. The van der Waals surface area contributed by atoms with Gasteiger partial charge in [-0.3, -0.25) is 9.69 Å². The molecule has 19 heavy (non-hydrogen) atoms. The maximum atomic E-state index is 12.3. The minimum Gasteiger partial charge on any atom is -0.396 e. The average Bonchev–Trinajstić information content (AvgIpc) is 2.86. The Morgan fingerprint density at radius 2 is 2.21 bits per heavy atom. The van der Waals surface area contributed by atoms with Crippen molar-refractivity contribution in [3.63, 3.8) is 0 Å². The average molecular weight is 266 g/mol. The summed E-state index contributed by atoms with van der Waals surface area (Å²) in [5.41, 5.74) is 1.18. The zero-order chi connectivity index (χ0) is 13.7. The van der Waals surface area contributed by atoms with Crippen LogP contribution in [0.1, 0.15) is 44.9 Å². The van der Waals surface area contributed by atoms with E-state index in [2.05, 4.69) is 11.0 Å². The van der Waals surface area contributed by atoms with E-state index in [1.165, 1.54) is 31.4 Å². The van der Waals surface area contributed by atoms with E-state index in [0.29, 0.717) is 12.6 Å². The van der Waals surface area contributed by atoms with Gasteiger partial charge in [-0.2, -0.15) is 0 Å². The Balaban J connectivity index is 1.86. The summed E-state index contributed by atoms with van der Waals surface area (Å²) >= 11 is 0. The molecule has 1 N–H and O–H groups in total. The molecule has 0 aromatic heterocycles. The lowest BCUT2D eigenvalue weighted by Crippen LogP contribution is -2.46. The molecule has 2 rings (SSSR count). The molecule has 0 aromatic rings. The molecule has 108 valence electrons. The molecule has 1 fully saturated rings. The topological polar surface area (TPSA) is 43.8 Å². The molecule has 4 heteroatoms. The van der Waals surface area contributed by atoms with Crippen molar-refractivity contribution in [2.24, 2.45) is 0 Å². The Morgan fingerprint density at radius 3 is 2.74 bits per heavy atom. The molecular weight excluding hydrogens is 240 g/mol. The van der Waals surface area contributed by atoms with Gasteiger partial charge in [0.15, 0.2) is 0 Å². The largest absolute Gasteiger partial charge is 0.396 e. The quantitative estimate of drug-likeness (QED) is 0.763. The monoisotopic (exact) mass is 266 g/mol. The first-order chi connectivity index (χ1) is 9.22. The fourth-order valence-electron chi connectivity index (χ4n) is 2.81. The van der Waals surface area contributed by atoms with Gasteiger partial charge in [0, 0.05) is 31.9 Å². The Bertz CT molecular complexity index is 337. The van der Waals surface area contributed by atoms with Gasteiger partial charge in [-0.15, -0.1) is 0 Å². The van der Waals surface area contributed by atoms with Crippen molar-refractivity contribution in [3.05, 3.63) is 11.8 Å². The van der Waals surface area contributed by atoms with Crippen LogP contribution in [0.5, 0.6) is 0 Å². The molecule has 1 amide bonds. The maximum Gasteiger partial charge on any atom is 0.240 e. The predicted molar refractivity (Wildman–Crippen MR) is 75.6 cm³/mol. The highest BCUT2D eigenvalue weighted by Crippen LogP contribution is 2.25. The Morgan fingerprint density at radius 1 is 1.42 bits per heavy atom. The van der Waals surface area contributed by atoms with Gasteiger partial charge in [0.1, 0.15) is 0 Å². The smallest absolute Gasteiger partial charge is 0.240 e. The van der Waals surface area contributed by atoms with Crippen molar-refractivity contribution in [1.82, 2.24) is 9.80 Å². The van der Waals surface area contributed by atoms with E-state index in [-0.39, 0.29) is 12.5 Å². The number of rotatable bonds is 7. The summed E-state index contributed by atoms with van der Waals surface area (Å²) in [6.45, 7) is 1.54. The first-order valence-corrected chi connectivity index (χ1v) is 7.53. The zero-order valence-corrected chi connectivity index (χ0v) is 12.0. The Hall–Kier alpha value is -0.870. The lowest BCUT2D eigenvalue weighted by atomic mass is 9.91. The Kier molecular flexibility index (Phi) is 5.40. The minimum absolute atomic E-state index is 0.193. The number of nitrogens with zero attached hydrogens (tertiary/aromatic N) is 2. The number of likely N-dealkylation sites (N-methyl/N-ethyl adjacent to an activating group) is 1. The van der Waals surface area contributed by atoms with Crippen LogP contribution in [-0.2, 0) is 4.79 Å². The maximum absolute atomic E-state index is 12.3. The number of aliphatic hydroxyl groups excluding tert-OH is 1. The molecule has 0 unspecified atom stereocenters. The third-order valence-corrected chi connectivity index (χ3v) is 4.35. The van der Waals surface area contributed by atoms with E-state index >= 15 is 0 Å². The van der Waals surface area contributed by atoms with Crippen LogP contribution in [-0.4, -0.2) is 53.6 Å². The van der Waals surface area contributed by atoms with E-state index < -0.39 is 0 Å². The third kappa shape index (κ3) is 3.80. The summed E-state index contributed by atoms with van der Waals surface area (Å²) < 4.78 is 0. The second kappa shape index (κ2) is 7.06. The highest BCUT2D eigenvalue weighted by Gasteiger charge is 2.27. The molecule has 0 aromatic carbocycles. The van der Waals surface area contributed by atoms with Crippen molar-refractivity contribution < 1.29 is 9.90 Å². The molecule has 0 radical (unpaired) electrons. The van der Waals surface area contributed by atoms with Crippen LogP contribution in [0.4, 0.5) is 0 Å². The van der Waals surface area contributed by atoms with Crippen LogP contribution in [0.15, 0.2) is 11.8 Å². The molecule has 2 aliphatic carbocycles. The van der Waals surface area contributed by atoms with E-state index in [1.54, 1.807) is 0 Å². The number of carbonyl (C=O) groups excluding carboxylic acids is 1. The van der Waals surface area contributed by atoms with Crippen molar-refractivity contribution in [2.75, 3.05) is 26.7 Å². The molecule has 1 saturated carbocycles. The second-order valence-electron chi connectivity index (χ2n) is 5.67.